The van der Waals surface area contributed by atoms with E-state index in [9.17, 15) is 9.59 Å². The van der Waals surface area contributed by atoms with Crippen LogP contribution < -0.4 is 16.4 Å². The lowest BCUT2D eigenvalue weighted by Gasteiger charge is -2.08. The van der Waals surface area contributed by atoms with Gasteiger partial charge >= 0.3 is 0 Å². The van der Waals surface area contributed by atoms with Crippen LogP contribution in [0.4, 0.5) is 5.82 Å². The fraction of sp³-hybridized carbons (Fsp3) is 0.444. The number of nitrogens with two attached hydrogens (primary N) is 1. The molecule has 0 saturated carbocycles. The first kappa shape index (κ1) is 12.0. The number of carbonyl (C=O) groups excluding carboxylic acids is 2. The van der Waals surface area contributed by atoms with Gasteiger partial charge in [0.05, 0.1) is 12.7 Å². The van der Waals surface area contributed by atoms with Crippen molar-refractivity contribution < 1.29 is 9.59 Å². The molecule has 0 bridgehead atoms. The maximum Gasteiger partial charge on any atom is 0.257 e. The third kappa shape index (κ3) is 3.26. The average Bonchev–Trinajstić information content (AvgIpc) is 2.60. The molecule has 16 heavy (non-hydrogen) atoms. The van der Waals surface area contributed by atoms with E-state index in [-0.39, 0.29) is 29.9 Å². The molecule has 2 amide bonds. The molecule has 0 atom stereocenters. The Morgan fingerprint density at radius 3 is 2.75 bits per heavy atom. The van der Waals surface area contributed by atoms with E-state index in [0.29, 0.717) is 0 Å². The minimum atomic E-state index is -0.426. The Balaban J connectivity index is 2.42. The number of hydrogen-bond donors (Lipinski definition) is 4. The molecule has 0 fully saturated rings. The van der Waals surface area contributed by atoms with Gasteiger partial charge in [0.15, 0.2) is 0 Å². The van der Waals surface area contributed by atoms with E-state index in [1.165, 1.54) is 6.20 Å². The first-order valence-electron chi connectivity index (χ1n) is 4.87. The summed E-state index contributed by atoms with van der Waals surface area (Å²) in [6, 6.07) is 0.0448. The molecule has 0 aliphatic rings. The van der Waals surface area contributed by atoms with Crippen LogP contribution in [0.3, 0.4) is 0 Å². The van der Waals surface area contributed by atoms with E-state index in [0.717, 1.165) is 0 Å². The molecular formula is C9H15N5O2. The largest absolute Gasteiger partial charge is 0.383 e. The molecular weight excluding hydrogens is 210 g/mol. The molecule has 1 aromatic heterocycles. The number of aromatic amines is 1. The van der Waals surface area contributed by atoms with Crippen molar-refractivity contribution in [3.05, 3.63) is 11.8 Å². The van der Waals surface area contributed by atoms with E-state index in [2.05, 4.69) is 20.8 Å². The van der Waals surface area contributed by atoms with Gasteiger partial charge in [-0.15, -0.1) is 0 Å². The summed E-state index contributed by atoms with van der Waals surface area (Å²) in [5.74, 6) is -0.489. The number of nitrogens with one attached hydrogen (secondary N) is 3. The van der Waals surface area contributed by atoms with Crippen LogP contribution in [0.5, 0.6) is 0 Å². The van der Waals surface area contributed by atoms with Gasteiger partial charge in [-0.1, -0.05) is 0 Å². The molecule has 7 nitrogen and oxygen atoms in total. The highest BCUT2D eigenvalue weighted by molar-refractivity contribution is 5.99. The number of amides is 2. The summed E-state index contributed by atoms with van der Waals surface area (Å²) in [6.45, 7) is 3.60. The van der Waals surface area contributed by atoms with Crippen molar-refractivity contribution in [2.45, 2.75) is 19.9 Å². The van der Waals surface area contributed by atoms with Crippen molar-refractivity contribution in [1.82, 2.24) is 20.8 Å². The van der Waals surface area contributed by atoms with Crippen LogP contribution in [0.2, 0.25) is 0 Å². The highest BCUT2D eigenvalue weighted by Crippen LogP contribution is 2.04. The molecule has 0 aromatic carbocycles. The zero-order valence-electron chi connectivity index (χ0n) is 9.20. The number of H-pyrrole nitrogens is 1. The Morgan fingerprint density at radius 2 is 2.25 bits per heavy atom. The summed E-state index contributed by atoms with van der Waals surface area (Å²) in [5, 5.41) is 11.1. The number of rotatable bonds is 4. The maximum atomic E-state index is 11.5. The average molecular weight is 225 g/mol. The van der Waals surface area contributed by atoms with E-state index < -0.39 is 5.91 Å². The maximum absolute atomic E-state index is 11.5. The molecule has 0 spiro atoms. The molecule has 0 radical (unpaired) electrons. The predicted molar refractivity (Wildman–Crippen MR) is 58.6 cm³/mol. The van der Waals surface area contributed by atoms with Crippen molar-refractivity contribution in [2.75, 3.05) is 12.3 Å². The summed E-state index contributed by atoms with van der Waals surface area (Å²) in [7, 11) is 0. The van der Waals surface area contributed by atoms with Crippen molar-refractivity contribution in [3.63, 3.8) is 0 Å². The highest BCUT2D eigenvalue weighted by atomic mass is 16.2. The first-order chi connectivity index (χ1) is 7.50. The predicted octanol–water partition coefficient (Wildman–Crippen LogP) is -0.754. The smallest absolute Gasteiger partial charge is 0.257 e. The van der Waals surface area contributed by atoms with Gasteiger partial charge in [-0.3, -0.25) is 14.7 Å². The number of nitrogens with zero attached hydrogens (tertiary/aromatic N) is 1. The summed E-state index contributed by atoms with van der Waals surface area (Å²) in [4.78, 5) is 22.7. The summed E-state index contributed by atoms with van der Waals surface area (Å²) in [5.41, 5.74) is 5.68. The number of hydrogen-bond acceptors (Lipinski definition) is 4. The van der Waals surface area contributed by atoms with Gasteiger partial charge in [0.25, 0.3) is 5.91 Å². The van der Waals surface area contributed by atoms with Crippen LogP contribution in [-0.2, 0) is 4.79 Å². The van der Waals surface area contributed by atoms with Crippen molar-refractivity contribution in [2.24, 2.45) is 0 Å². The Labute approximate surface area is 92.8 Å². The van der Waals surface area contributed by atoms with Gasteiger partial charge in [0, 0.05) is 6.04 Å². The van der Waals surface area contributed by atoms with Gasteiger partial charge in [0.2, 0.25) is 5.91 Å². The lowest BCUT2D eigenvalue weighted by Crippen LogP contribution is -2.39. The molecule has 1 heterocycles. The van der Waals surface area contributed by atoms with Gasteiger partial charge in [-0.2, -0.15) is 5.10 Å². The Bertz CT molecular complexity index is 385. The SMILES string of the molecule is CC(C)NC(=O)CNC(=O)c1cn[nH]c1N. The highest BCUT2D eigenvalue weighted by Gasteiger charge is 2.12. The third-order valence-electron chi connectivity index (χ3n) is 1.77. The number of carbonyl (C=O) groups is 2. The Morgan fingerprint density at radius 1 is 1.56 bits per heavy atom. The molecule has 0 aliphatic carbocycles. The van der Waals surface area contributed by atoms with E-state index in [1.54, 1.807) is 0 Å². The van der Waals surface area contributed by atoms with E-state index >= 15 is 0 Å². The Hall–Kier alpha value is -2.05. The van der Waals surface area contributed by atoms with Crippen molar-refractivity contribution in [1.29, 1.82) is 0 Å². The normalized spacial score (nSPS) is 10.2. The zero-order valence-corrected chi connectivity index (χ0v) is 9.20. The summed E-state index contributed by atoms with van der Waals surface area (Å²) >= 11 is 0. The van der Waals surface area contributed by atoms with Crippen LogP contribution >= 0.6 is 0 Å². The molecule has 7 heteroatoms. The quantitative estimate of drug-likeness (QED) is 0.539. The summed E-state index contributed by atoms with van der Waals surface area (Å²) in [6.07, 6.45) is 1.31. The monoisotopic (exact) mass is 225 g/mol. The minimum Gasteiger partial charge on any atom is -0.383 e. The lowest BCUT2D eigenvalue weighted by molar-refractivity contribution is -0.120. The van der Waals surface area contributed by atoms with Crippen LogP contribution in [-0.4, -0.2) is 34.6 Å². The van der Waals surface area contributed by atoms with Crippen LogP contribution in [0.25, 0.3) is 0 Å². The zero-order chi connectivity index (χ0) is 12.1. The molecule has 0 saturated heterocycles. The van der Waals surface area contributed by atoms with Gasteiger partial charge < -0.3 is 16.4 Å². The molecule has 1 aromatic rings. The van der Waals surface area contributed by atoms with Crippen molar-refractivity contribution in [3.8, 4) is 0 Å². The standard InChI is InChI=1S/C9H15N5O2/c1-5(2)13-7(15)4-11-9(16)6-3-12-14-8(6)10/h3,5H,4H2,1-2H3,(H,11,16)(H,13,15)(H3,10,12,14). The lowest BCUT2D eigenvalue weighted by atomic mass is 10.3. The van der Waals surface area contributed by atoms with Gasteiger partial charge in [0.1, 0.15) is 11.4 Å². The van der Waals surface area contributed by atoms with E-state index in [4.69, 9.17) is 5.73 Å². The van der Waals surface area contributed by atoms with Gasteiger partial charge in [-0.25, -0.2) is 0 Å². The fourth-order valence-corrected chi connectivity index (χ4v) is 1.11. The fourth-order valence-electron chi connectivity index (χ4n) is 1.11. The third-order valence-corrected chi connectivity index (χ3v) is 1.77. The van der Waals surface area contributed by atoms with Crippen LogP contribution in [0.15, 0.2) is 6.20 Å². The topological polar surface area (TPSA) is 113 Å². The van der Waals surface area contributed by atoms with Crippen molar-refractivity contribution >= 4 is 17.6 Å². The molecule has 0 unspecified atom stereocenters. The van der Waals surface area contributed by atoms with Crippen LogP contribution in [0, 0.1) is 0 Å². The minimum absolute atomic E-state index is 0.0448. The second-order valence-corrected chi connectivity index (χ2v) is 3.60. The number of nitrogen functional groups attached to an aromatic ring is 1. The second-order valence-electron chi connectivity index (χ2n) is 3.60. The van der Waals surface area contributed by atoms with Gasteiger partial charge in [-0.05, 0) is 13.8 Å². The number of aromatic nitrogens is 2. The van der Waals surface area contributed by atoms with Crippen LogP contribution in [0.1, 0.15) is 24.2 Å². The first-order valence-corrected chi connectivity index (χ1v) is 4.87. The Kier molecular flexibility index (Phi) is 3.87. The molecule has 1 rings (SSSR count). The summed E-state index contributed by atoms with van der Waals surface area (Å²) < 4.78 is 0. The van der Waals surface area contributed by atoms with E-state index in [1.807, 2.05) is 13.8 Å². The second kappa shape index (κ2) is 5.15. The molecule has 5 N–H and O–H groups in total. The molecule has 0 aliphatic heterocycles. The number of anilines is 1. The molecule has 88 valence electrons.